The van der Waals surface area contributed by atoms with Crippen LogP contribution in [0.25, 0.3) is 11.0 Å². The van der Waals surface area contributed by atoms with Crippen molar-refractivity contribution in [3.63, 3.8) is 0 Å². The molecule has 0 saturated heterocycles. The maximum atomic E-state index is 6.05. The van der Waals surface area contributed by atoms with Gasteiger partial charge in [-0.15, -0.1) is 0 Å². The molecule has 0 amide bonds. The van der Waals surface area contributed by atoms with Gasteiger partial charge < -0.3 is 10.7 Å². The number of aromatic nitrogens is 2. The number of fused-ring (bicyclic) bond motifs is 1. The number of anilines is 1. The third-order valence-electron chi connectivity index (χ3n) is 3.94. The van der Waals surface area contributed by atoms with Crippen LogP contribution in [0.15, 0.2) is 42.5 Å². The van der Waals surface area contributed by atoms with Crippen LogP contribution in [0.4, 0.5) is 5.69 Å². The summed E-state index contributed by atoms with van der Waals surface area (Å²) in [4.78, 5) is 8.06. The first kappa shape index (κ1) is 11.8. The molecule has 3 aromatic rings. The Morgan fingerprint density at radius 1 is 1.15 bits per heavy atom. The molecule has 1 saturated carbocycles. The van der Waals surface area contributed by atoms with Gasteiger partial charge in [0.1, 0.15) is 5.82 Å². The van der Waals surface area contributed by atoms with Gasteiger partial charge in [-0.2, -0.15) is 0 Å². The van der Waals surface area contributed by atoms with Gasteiger partial charge >= 0.3 is 0 Å². The monoisotopic (exact) mass is 283 g/mol. The largest absolute Gasteiger partial charge is 0.399 e. The van der Waals surface area contributed by atoms with Gasteiger partial charge in [0, 0.05) is 16.6 Å². The minimum absolute atomic E-state index is 0.460. The minimum Gasteiger partial charge on any atom is -0.399 e. The Morgan fingerprint density at radius 2 is 2.05 bits per heavy atom. The molecule has 4 rings (SSSR count). The molecule has 1 aliphatic carbocycles. The number of halogens is 1. The summed E-state index contributed by atoms with van der Waals surface area (Å²) in [6.45, 7) is 0. The molecule has 2 aromatic carbocycles. The lowest BCUT2D eigenvalue weighted by Gasteiger charge is -1.99. The zero-order chi connectivity index (χ0) is 13.7. The quantitative estimate of drug-likeness (QED) is 0.697. The summed E-state index contributed by atoms with van der Waals surface area (Å²) in [5.41, 5.74) is 9.84. The number of hydrogen-bond acceptors (Lipinski definition) is 2. The highest BCUT2D eigenvalue weighted by molar-refractivity contribution is 6.30. The second kappa shape index (κ2) is 4.25. The summed E-state index contributed by atoms with van der Waals surface area (Å²) >= 11 is 6.05. The predicted octanol–water partition coefficient (Wildman–Crippen LogP) is 4.07. The summed E-state index contributed by atoms with van der Waals surface area (Å²) in [5, 5.41) is 0.797. The number of imidazole rings is 1. The van der Waals surface area contributed by atoms with Gasteiger partial charge in [-0.25, -0.2) is 4.98 Å². The molecule has 0 unspecified atom stereocenters. The lowest BCUT2D eigenvalue weighted by atomic mass is 10.1. The molecule has 0 aliphatic heterocycles. The van der Waals surface area contributed by atoms with Gasteiger partial charge in [0.25, 0.3) is 0 Å². The molecule has 1 heterocycles. The van der Waals surface area contributed by atoms with Crippen molar-refractivity contribution in [1.29, 1.82) is 0 Å². The first-order chi connectivity index (χ1) is 9.70. The number of nitrogens with two attached hydrogens (primary N) is 1. The first-order valence-electron chi connectivity index (χ1n) is 6.71. The Kier molecular flexibility index (Phi) is 2.51. The Labute approximate surface area is 121 Å². The molecule has 0 radical (unpaired) electrons. The lowest BCUT2D eigenvalue weighted by molar-refractivity contribution is 0.938. The highest BCUT2D eigenvalue weighted by Crippen LogP contribution is 2.54. The number of H-pyrrole nitrogens is 1. The molecular formula is C16H14ClN3. The van der Waals surface area contributed by atoms with Crippen molar-refractivity contribution in [2.75, 3.05) is 5.73 Å². The average Bonchev–Trinajstić information content (AvgIpc) is 3.12. The Morgan fingerprint density at radius 3 is 2.90 bits per heavy atom. The number of nitrogens with zero attached hydrogens (tertiary/aromatic N) is 1. The number of aromatic amines is 1. The van der Waals surface area contributed by atoms with E-state index < -0.39 is 0 Å². The molecule has 3 N–H and O–H groups in total. The molecular weight excluding hydrogens is 270 g/mol. The van der Waals surface area contributed by atoms with E-state index in [-0.39, 0.29) is 0 Å². The SMILES string of the molecule is Nc1ccc2nc([C@H]3C[C@@H]3c3cccc(Cl)c3)[nH]c2c1. The average molecular weight is 284 g/mol. The van der Waals surface area contributed by atoms with E-state index in [0.29, 0.717) is 11.8 Å². The van der Waals surface area contributed by atoms with E-state index >= 15 is 0 Å². The number of nitrogens with one attached hydrogen (secondary N) is 1. The van der Waals surface area contributed by atoms with Crippen molar-refractivity contribution in [3.05, 3.63) is 58.9 Å². The van der Waals surface area contributed by atoms with Crippen LogP contribution in [0.3, 0.4) is 0 Å². The molecule has 4 heteroatoms. The maximum Gasteiger partial charge on any atom is 0.110 e. The molecule has 20 heavy (non-hydrogen) atoms. The van der Waals surface area contributed by atoms with Crippen molar-refractivity contribution in [2.45, 2.75) is 18.3 Å². The number of rotatable bonds is 2. The summed E-state index contributed by atoms with van der Waals surface area (Å²) in [5.74, 6) is 2.03. The minimum atomic E-state index is 0.460. The van der Waals surface area contributed by atoms with Gasteiger partial charge in [0.2, 0.25) is 0 Å². The van der Waals surface area contributed by atoms with Crippen molar-refractivity contribution in [2.24, 2.45) is 0 Å². The fourth-order valence-electron chi connectivity index (χ4n) is 2.83. The Balaban J connectivity index is 1.65. The van der Waals surface area contributed by atoms with Crippen LogP contribution >= 0.6 is 11.6 Å². The number of benzene rings is 2. The summed E-state index contributed by atoms with van der Waals surface area (Å²) in [6.07, 6.45) is 1.12. The topological polar surface area (TPSA) is 54.7 Å². The van der Waals surface area contributed by atoms with Crippen molar-refractivity contribution in [3.8, 4) is 0 Å². The second-order valence-corrected chi connectivity index (χ2v) is 5.84. The van der Waals surface area contributed by atoms with Crippen LogP contribution in [0.2, 0.25) is 5.02 Å². The first-order valence-corrected chi connectivity index (χ1v) is 7.09. The summed E-state index contributed by atoms with van der Waals surface area (Å²) in [7, 11) is 0. The molecule has 1 aliphatic rings. The van der Waals surface area contributed by atoms with Crippen molar-refractivity contribution < 1.29 is 0 Å². The molecule has 3 nitrogen and oxygen atoms in total. The van der Waals surface area contributed by atoms with Crippen molar-refractivity contribution >= 4 is 28.3 Å². The Bertz CT molecular complexity index is 793. The van der Waals surface area contributed by atoms with E-state index in [2.05, 4.69) is 16.0 Å². The third-order valence-corrected chi connectivity index (χ3v) is 4.18. The molecule has 1 fully saturated rings. The Hall–Kier alpha value is -2.00. The van der Waals surface area contributed by atoms with Gasteiger partial charge in [-0.1, -0.05) is 23.7 Å². The van der Waals surface area contributed by atoms with E-state index in [1.807, 2.05) is 36.4 Å². The standard InChI is InChI=1S/C16H14ClN3/c17-10-3-1-2-9(6-10)12-8-13(12)16-19-14-5-4-11(18)7-15(14)20-16/h1-7,12-13H,8,18H2,(H,19,20)/t12-,13+/m1/s1. The molecule has 0 spiro atoms. The van der Waals surface area contributed by atoms with Crippen LogP contribution in [-0.4, -0.2) is 9.97 Å². The maximum absolute atomic E-state index is 6.05. The second-order valence-electron chi connectivity index (χ2n) is 5.40. The fraction of sp³-hybridized carbons (Fsp3) is 0.188. The molecule has 1 aromatic heterocycles. The highest BCUT2D eigenvalue weighted by atomic mass is 35.5. The van der Waals surface area contributed by atoms with Crippen LogP contribution in [0, 0.1) is 0 Å². The van der Waals surface area contributed by atoms with E-state index in [0.717, 1.165) is 34.0 Å². The van der Waals surface area contributed by atoms with E-state index in [1.54, 1.807) is 0 Å². The number of hydrogen-bond donors (Lipinski definition) is 2. The van der Waals surface area contributed by atoms with Crippen LogP contribution < -0.4 is 5.73 Å². The number of nitrogen functional groups attached to an aromatic ring is 1. The molecule has 100 valence electrons. The zero-order valence-corrected chi connectivity index (χ0v) is 11.6. The smallest absolute Gasteiger partial charge is 0.110 e. The zero-order valence-electron chi connectivity index (χ0n) is 10.8. The normalized spacial score (nSPS) is 21.2. The van der Waals surface area contributed by atoms with Crippen molar-refractivity contribution in [1.82, 2.24) is 9.97 Å². The van der Waals surface area contributed by atoms with E-state index in [9.17, 15) is 0 Å². The van der Waals surface area contributed by atoms with Crippen LogP contribution in [0.5, 0.6) is 0 Å². The molecule has 0 bridgehead atoms. The van der Waals surface area contributed by atoms with E-state index in [1.165, 1.54) is 5.56 Å². The highest BCUT2D eigenvalue weighted by Gasteiger charge is 2.41. The summed E-state index contributed by atoms with van der Waals surface area (Å²) < 4.78 is 0. The van der Waals surface area contributed by atoms with Gasteiger partial charge in [0.05, 0.1) is 11.0 Å². The van der Waals surface area contributed by atoms with Gasteiger partial charge in [-0.3, -0.25) is 0 Å². The van der Waals surface area contributed by atoms with Crippen LogP contribution in [0.1, 0.15) is 29.6 Å². The fourth-order valence-corrected chi connectivity index (χ4v) is 3.02. The van der Waals surface area contributed by atoms with Crippen LogP contribution in [-0.2, 0) is 0 Å². The molecule has 2 atom stereocenters. The van der Waals surface area contributed by atoms with Gasteiger partial charge in [0.15, 0.2) is 0 Å². The third kappa shape index (κ3) is 1.95. The predicted molar refractivity (Wildman–Crippen MR) is 82.1 cm³/mol. The lowest BCUT2D eigenvalue weighted by Crippen LogP contribution is -1.86. The van der Waals surface area contributed by atoms with E-state index in [4.69, 9.17) is 17.3 Å². The summed E-state index contributed by atoms with van der Waals surface area (Å²) in [6, 6.07) is 13.9. The van der Waals surface area contributed by atoms with Gasteiger partial charge in [-0.05, 0) is 48.2 Å².